The van der Waals surface area contributed by atoms with E-state index in [0.717, 1.165) is 0 Å². The van der Waals surface area contributed by atoms with E-state index in [9.17, 15) is 10.2 Å². The van der Waals surface area contributed by atoms with Crippen LogP contribution in [0.1, 0.15) is 23.7 Å². The minimum Gasteiger partial charge on any atom is -0.390 e. The molecular formula is C11H17N3O2. The number of aliphatic hydroxyl groups is 2. The smallest absolute Gasteiger partial charge is 0.123 e. The summed E-state index contributed by atoms with van der Waals surface area (Å²) in [5.74, 6) is -0.130. The fraction of sp³-hybridized carbons (Fsp3) is 0.364. The highest BCUT2D eigenvalue weighted by Crippen LogP contribution is 2.22. The molecule has 0 fully saturated rings. The highest BCUT2D eigenvalue weighted by Gasteiger charge is 2.20. The molecule has 0 aromatic heterocycles. The van der Waals surface area contributed by atoms with Crippen LogP contribution in [0.15, 0.2) is 24.3 Å². The van der Waals surface area contributed by atoms with Crippen molar-refractivity contribution in [2.24, 2.45) is 11.5 Å². The van der Waals surface area contributed by atoms with Gasteiger partial charge in [-0.15, -0.1) is 0 Å². The largest absolute Gasteiger partial charge is 0.390 e. The van der Waals surface area contributed by atoms with Gasteiger partial charge < -0.3 is 21.7 Å². The summed E-state index contributed by atoms with van der Waals surface area (Å²) in [5, 5.41) is 26.9. The van der Waals surface area contributed by atoms with Gasteiger partial charge in [0.2, 0.25) is 0 Å². The second kappa shape index (κ2) is 5.60. The first kappa shape index (κ1) is 12.6. The number of rotatable bonds is 5. The van der Waals surface area contributed by atoms with Crippen molar-refractivity contribution in [3.05, 3.63) is 35.4 Å². The number of nitrogens with two attached hydrogens (primary N) is 2. The van der Waals surface area contributed by atoms with Crippen LogP contribution in [-0.2, 0) is 0 Å². The fourth-order valence-corrected chi connectivity index (χ4v) is 1.54. The van der Waals surface area contributed by atoms with Crippen molar-refractivity contribution in [3.8, 4) is 0 Å². The Labute approximate surface area is 94.2 Å². The van der Waals surface area contributed by atoms with E-state index in [1.807, 2.05) is 0 Å². The minimum atomic E-state index is -1.07. The maximum atomic E-state index is 9.89. The number of nitrogen functional groups attached to an aromatic ring is 1. The quantitative estimate of drug-likeness (QED) is 0.348. The summed E-state index contributed by atoms with van der Waals surface area (Å²) in [5.41, 5.74) is 11.6. The number of benzene rings is 1. The molecule has 5 heteroatoms. The van der Waals surface area contributed by atoms with Gasteiger partial charge in [0, 0.05) is 5.56 Å². The summed E-state index contributed by atoms with van der Waals surface area (Å²) in [7, 11) is 0. The number of nitrogens with one attached hydrogen (secondary N) is 1. The van der Waals surface area contributed by atoms with Crippen molar-refractivity contribution in [2.75, 3.05) is 6.54 Å². The lowest BCUT2D eigenvalue weighted by Crippen LogP contribution is -2.24. The summed E-state index contributed by atoms with van der Waals surface area (Å²) in [6, 6.07) is 6.72. The average Bonchev–Trinajstić information content (AvgIpc) is 2.28. The van der Waals surface area contributed by atoms with E-state index in [2.05, 4.69) is 0 Å². The second-order valence-electron chi connectivity index (χ2n) is 3.59. The Kier molecular flexibility index (Phi) is 4.42. The first-order chi connectivity index (χ1) is 7.57. The maximum absolute atomic E-state index is 9.89. The van der Waals surface area contributed by atoms with Crippen molar-refractivity contribution in [3.63, 3.8) is 0 Å². The molecule has 1 aromatic rings. The van der Waals surface area contributed by atoms with Crippen molar-refractivity contribution in [1.29, 1.82) is 5.41 Å². The molecule has 0 saturated carbocycles. The Hall–Kier alpha value is -1.43. The van der Waals surface area contributed by atoms with Crippen LogP contribution >= 0.6 is 0 Å². The van der Waals surface area contributed by atoms with E-state index in [4.69, 9.17) is 16.9 Å². The Morgan fingerprint density at radius 3 is 2.50 bits per heavy atom. The normalized spacial score (nSPS) is 14.4. The van der Waals surface area contributed by atoms with Crippen LogP contribution in [0.3, 0.4) is 0 Å². The number of hydrogen-bond donors (Lipinski definition) is 5. The van der Waals surface area contributed by atoms with E-state index in [0.29, 0.717) is 24.1 Å². The molecule has 2 atom stereocenters. The van der Waals surface area contributed by atoms with Crippen molar-refractivity contribution >= 4 is 5.84 Å². The topological polar surface area (TPSA) is 116 Å². The summed E-state index contributed by atoms with van der Waals surface area (Å²) in [4.78, 5) is 0. The highest BCUT2D eigenvalue weighted by atomic mass is 16.3. The third-order valence-electron chi connectivity index (χ3n) is 2.40. The summed E-state index contributed by atoms with van der Waals surface area (Å²) in [6.45, 7) is 0.292. The summed E-state index contributed by atoms with van der Waals surface area (Å²) >= 11 is 0. The molecule has 5 nitrogen and oxygen atoms in total. The summed E-state index contributed by atoms with van der Waals surface area (Å²) in [6.07, 6.45) is -1.71. The first-order valence-electron chi connectivity index (χ1n) is 5.07. The van der Waals surface area contributed by atoms with Gasteiger partial charge in [0.25, 0.3) is 0 Å². The van der Waals surface area contributed by atoms with Gasteiger partial charge in [0.05, 0.1) is 6.10 Å². The predicted molar refractivity (Wildman–Crippen MR) is 62.1 cm³/mol. The number of aliphatic hydroxyl groups excluding tert-OH is 2. The zero-order chi connectivity index (χ0) is 12.1. The number of amidine groups is 1. The Bertz CT molecular complexity index is 368. The second-order valence-corrected chi connectivity index (χ2v) is 3.59. The molecular weight excluding hydrogens is 206 g/mol. The van der Waals surface area contributed by atoms with E-state index in [1.54, 1.807) is 24.3 Å². The molecule has 88 valence electrons. The molecule has 7 N–H and O–H groups in total. The van der Waals surface area contributed by atoms with Gasteiger partial charge in [-0.1, -0.05) is 24.3 Å². The molecule has 2 unspecified atom stereocenters. The van der Waals surface area contributed by atoms with Crippen molar-refractivity contribution in [2.45, 2.75) is 18.6 Å². The Morgan fingerprint density at radius 1 is 1.31 bits per heavy atom. The molecule has 0 saturated heterocycles. The third-order valence-corrected chi connectivity index (χ3v) is 2.40. The lowest BCUT2D eigenvalue weighted by atomic mass is 9.96. The molecule has 0 bridgehead atoms. The zero-order valence-corrected chi connectivity index (χ0v) is 8.93. The summed E-state index contributed by atoms with van der Waals surface area (Å²) < 4.78 is 0. The average molecular weight is 223 g/mol. The molecule has 0 amide bonds. The molecule has 0 aliphatic carbocycles. The van der Waals surface area contributed by atoms with Crippen LogP contribution < -0.4 is 11.5 Å². The Balaban J connectivity index is 2.98. The van der Waals surface area contributed by atoms with Crippen LogP contribution in [0.2, 0.25) is 0 Å². The van der Waals surface area contributed by atoms with Gasteiger partial charge in [-0.2, -0.15) is 0 Å². The first-order valence-corrected chi connectivity index (χ1v) is 5.07. The predicted octanol–water partition coefficient (Wildman–Crippen LogP) is -0.286. The molecule has 0 aliphatic rings. The molecule has 1 aromatic carbocycles. The van der Waals surface area contributed by atoms with E-state index >= 15 is 0 Å². The van der Waals surface area contributed by atoms with E-state index < -0.39 is 12.2 Å². The van der Waals surface area contributed by atoms with Crippen molar-refractivity contribution in [1.82, 2.24) is 0 Å². The van der Waals surface area contributed by atoms with Gasteiger partial charge in [0.1, 0.15) is 11.9 Å². The molecule has 0 heterocycles. The van der Waals surface area contributed by atoms with Gasteiger partial charge in [-0.3, -0.25) is 5.41 Å². The SMILES string of the molecule is N=C(N)c1ccccc1C(O)C(O)CCN. The molecule has 0 spiro atoms. The van der Waals surface area contributed by atoms with Crippen molar-refractivity contribution < 1.29 is 10.2 Å². The molecule has 16 heavy (non-hydrogen) atoms. The minimum absolute atomic E-state index is 0.130. The van der Waals surface area contributed by atoms with Gasteiger partial charge in [-0.25, -0.2) is 0 Å². The Morgan fingerprint density at radius 2 is 1.94 bits per heavy atom. The van der Waals surface area contributed by atoms with Crippen LogP contribution in [0, 0.1) is 5.41 Å². The van der Waals surface area contributed by atoms with Gasteiger partial charge >= 0.3 is 0 Å². The van der Waals surface area contributed by atoms with Crippen LogP contribution in [0.5, 0.6) is 0 Å². The monoisotopic (exact) mass is 223 g/mol. The standard InChI is InChI=1S/C11H17N3O2/c12-6-5-9(15)10(16)7-3-1-2-4-8(7)11(13)14/h1-4,9-10,15-16H,5-6,12H2,(H3,13,14). The molecule has 0 radical (unpaired) electrons. The number of hydrogen-bond acceptors (Lipinski definition) is 4. The third kappa shape index (κ3) is 2.79. The lowest BCUT2D eigenvalue weighted by molar-refractivity contribution is 0.0149. The lowest BCUT2D eigenvalue weighted by Gasteiger charge is -2.19. The highest BCUT2D eigenvalue weighted by molar-refractivity contribution is 5.96. The van der Waals surface area contributed by atoms with Gasteiger partial charge in [-0.05, 0) is 18.5 Å². The zero-order valence-electron chi connectivity index (χ0n) is 8.93. The maximum Gasteiger partial charge on any atom is 0.123 e. The fourth-order valence-electron chi connectivity index (χ4n) is 1.54. The van der Waals surface area contributed by atoms with Crippen LogP contribution in [0.4, 0.5) is 0 Å². The van der Waals surface area contributed by atoms with Crippen LogP contribution in [0.25, 0.3) is 0 Å². The van der Waals surface area contributed by atoms with E-state index in [-0.39, 0.29) is 5.84 Å². The van der Waals surface area contributed by atoms with E-state index in [1.165, 1.54) is 0 Å². The molecule has 0 aliphatic heterocycles. The van der Waals surface area contributed by atoms with Crippen LogP contribution in [-0.4, -0.2) is 28.7 Å². The van der Waals surface area contributed by atoms with Gasteiger partial charge in [0.15, 0.2) is 0 Å². The molecule has 1 rings (SSSR count).